The Kier molecular flexibility index (Phi) is 3.65. The van der Waals surface area contributed by atoms with Crippen LogP contribution in [0.4, 0.5) is 0 Å². The van der Waals surface area contributed by atoms with Crippen LogP contribution in [0.2, 0.25) is 0 Å². The minimum absolute atomic E-state index is 0.0632. The number of carbonyl (C=O) groups excluding carboxylic acids is 2. The summed E-state index contributed by atoms with van der Waals surface area (Å²) in [5.41, 5.74) is 2.63. The molecule has 1 amide bonds. The first-order valence-electron chi connectivity index (χ1n) is 7.85. The highest BCUT2D eigenvalue weighted by atomic mass is 32.1. The fourth-order valence-corrected chi connectivity index (χ4v) is 4.23. The van der Waals surface area contributed by atoms with Gasteiger partial charge in [0.1, 0.15) is 6.10 Å². The van der Waals surface area contributed by atoms with Crippen molar-refractivity contribution in [2.75, 3.05) is 6.54 Å². The molecule has 2 aliphatic heterocycles. The summed E-state index contributed by atoms with van der Waals surface area (Å²) in [6, 6.07) is 9.58. The van der Waals surface area contributed by atoms with E-state index in [2.05, 4.69) is 11.4 Å². The predicted molar refractivity (Wildman–Crippen MR) is 87.2 cm³/mol. The Bertz CT molecular complexity index is 740. The highest BCUT2D eigenvalue weighted by Crippen LogP contribution is 2.37. The van der Waals surface area contributed by atoms with Gasteiger partial charge in [0.2, 0.25) is 5.91 Å². The maximum absolute atomic E-state index is 12.8. The van der Waals surface area contributed by atoms with Crippen molar-refractivity contribution in [3.05, 3.63) is 57.8 Å². The average molecular weight is 327 g/mol. The first-order chi connectivity index (χ1) is 11.2. The summed E-state index contributed by atoms with van der Waals surface area (Å²) in [5.74, 6) is -0.262. The monoisotopic (exact) mass is 327 g/mol. The van der Waals surface area contributed by atoms with E-state index in [9.17, 15) is 9.59 Å². The molecular weight excluding hydrogens is 310 g/mol. The van der Waals surface area contributed by atoms with Crippen molar-refractivity contribution in [2.24, 2.45) is 0 Å². The number of carbonyl (C=O) groups is 2. The smallest absolute Gasteiger partial charge is 0.339 e. The number of likely N-dealkylation sites (tertiary alicyclic amines) is 1. The summed E-state index contributed by atoms with van der Waals surface area (Å²) in [6.07, 6.45) is 1.80. The van der Waals surface area contributed by atoms with E-state index in [1.807, 2.05) is 28.5 Å². The van der Waals surface area contributed by atoms with Gasteiger partial charge in [-0.1, -0.05) is 18.2 Å². The van der Waals surface area contributed by atoms with Crippen molar-refractivity contribution in [2.45, 2.75) is 31.4 Å². The minimum atomic E-state index is -0.449. The third-order valence-corrected chi connectivity index (χ3v) is 5.34. The van der Waals surface area contributed by atoms with E-state index >= 15 is 0 Å². The molecule has 0 radical (unpaired) electrons. The molecule has 0 aliphatic carbocycles. The van der Waals surface area contributed by atoms with Gasteiger partial charge in [0.25, 0.3) is 0 Å². The number of thiophene rings is 1. The second-order valence-corrected chi connectivity index (χ2v) is 6.77. The molecular formula is C18H17NO3S. The third kappa shape index (κ3) is 2.55. The van der Waals surface area contributed by atoms with Crippen molar-refractivity contribution in [3.63, 3.8) is 0 Å². The molecule has 23 heavy (non-hydrogen) atoms. The number of cyclic esters (lactones) is 1. The molecule has 2 aromatic rings. The molecule has 1 aromatic heterocycles. The topological polar surface area (TPSA) is 46.6 Å². The standard InChI is InChI=1S/C18H17NO3S/c20-17(19-8-3-6-15(19)12-7-9-23-11-12)10-16-13-4-1-2-5-14(13)18(21)22-16/h1-2,4-5,7,9,11,15-16H,3,6,8,10H2/t15-,16+/m1/s1. The molecule has 3 heterocycles. The number of hydrogen-bond acceptors (Lipinski definition) is 4. The van der Waals surface area contributed by atoms with Crippen molar-refractivity contribution in [1.29, 1.82) is 0 Å². The lowest BCUT2D eigenvalue weighted by molar-refractivity contribution is -0.134. The van der Waals surface area contributed by atoms with Crippen molar-refractivity contribution in [3.8, 4) is 0 Å². The number of ether oxygens (including phenoxy) is 1. The summed E-state index contributed by atoms with van der Waals surface area (Å²) < 4.78 is 5.40. The number of nitrogens with zero attached hydrogens (tertiary/aromatic N) is 1. The lowest BCUT2D eigenvalue weighted by Gasteiger charge is -2.25. The molecule has 4 nitrogen and oxygen atoms in total. The minimum Gasteiger partial charge on any atom is -0.453 e. The maximum Gasteiger partial charge on any atom is 0.339 e. The Labute approximate surface area is 138 Å². The number of fused-ring (bicyclic) bond motifs is 1. The van der Waals surface area contributed by atoms with Crippen molar-refractivity contribution in [1.82, 2.24) is 4.90 Å². The normalized spacial score (nSPS) is 23.0. The van der Waals surface area contributed by atoms with Crippen LogP contribution in [-0.2, 0) is 9.53 Å². The van der Waals surface area contributed by atoms with Crippen LogP contribution in [0, 0.1) is 0 Å². The summed E-state index contributed by atoms with van der Waals surface area (Å²) in [4.78, 5) is 26.6. The molecule has 1 saturated heterocycles. The van der Waals surface area contributed by atoms with Crippen LogP contribution in [0.3, 0.4) is 0 Å². The molecule has 1 fully saturated rings. The summed E-state index contributed by atoms with van der Waals surface area (Å²) in [7, 11) is 0. The second-order valence-electron chi connectivity index (χ2n) is 5.99. The van der Waals surface area contributed by atoms with Gasteiger partial charge in [-0.2, -0.15) is 11.3 Å². The Morgan fingerprint density at radius 3 is 3.00 bits per heavy atom. The first-order valence-corrected chi connectivity index (χ1v) is 8.80. The van der Waals surface area contributed by atoms with E-state index in [-0.39, 0.29) is 24.3 Å². The first kappa shape index (κ1) is 14.5. The van der Waals surface area contributed by atoms with Crippen LogP contribution >= 0.6 is 11.3 Å². The number of benzene rings is 1. The molecule has 0 unspecified atom stereocenters. The Hall–Kier alpha value is -2.14. The zero-order chi connectivity index (χ0) is 15.8. The van der Waals surface area contributed by atoms with Gasteiger partial charge in [0, 0.05) is 12.1 Å². The Morgan fingerprint density at radius 1 is 1.30 bits per heavy atom. The van der Waals surface area contributed by atoms with Gasteiger partial charge in [-0.3, -0.25) is 4.79 Å². The molecule has 118 valence electrons. The van der Waals surface area contributed by atoms with E-state index in [0.717, 1.165) is 24.9 Å². The quantitative estimate of drug-likeness (QED) is 0.807. The van der Waals surface area contributed by atoms with Crippen molar-refractivity contribution < 1.29 is 14.3 Å². The van der Waals surface area contributed by atoms with Gasteiger partial charge in [0.15, 0.2) is 0 Å². The highest BCUT2D eigenvalue weighted by Gasteiger charge is 2.36. The predicted octanol–water partition coefficient (Wildman–Crippen LogP) is 3.71. The van der Waals surface area contributed by atoms with Gasteiger partial charge in [-0.15, -0.1) is 0 Å². The average Bonchev–Trinajstić information content (AvgIpc) is 3.28. The zero-order valence-electron chi connectivity index (χ0n) is 12.6. The molecule has 2 atom stereocenters. The molecule has 0 saturated carbocycles. The van der Waals surface area contributed by atoms with E-state index in [1.54, 1.807) is 17.4 Å². The van der Waals surface area contributed by atoms with E-state index in [1.165, 1.54) is 5.56 Å². The molecule has 4 rings (SSSR count). The fraction of sp³-hybridized carbons (Fsp3) is 0.333. The summed E-state index contributed by atoms with van der Waals surface area (Å²) in [6.45, 7) is 0.779. The molecule has 0 bridgehead atoms. The van der Waals surface area contributed by atoms with Crippen LogP contribution in [0.25, 0.3) is 0 Å². The van der Waals surface area contributed by atoms with E-state index in [0.29, 0.717) is 5.56 Å². The summed E-state index contributed by atoms with van der Waals surface area (Å²) >= 11 is 1.66. The van der Waals surface area contributed by atoms with Crippen LogP contribution in [0.5, 0.6) is 0 Å². The molecule has 0 spiro atoms. The third-order valence-electron chi connectivity index (χ3n) is 4.64. The van der Waals surface area contributed by atoms with Crippen LogP contribution in [-0.4, -0.2) is 23.3 Å². The van der Waals surface area contributed by atoms with E-state index in [4.69, 9.17) is 4.74 Å². The Morgan fingerprint density at radius 2 is 2.17 bits per heavy atom. The maximum atomic E-state index is 12.8. The molecule has 0 N–H and O–H groups in total. The molecule has 1 aromatic carbocycles. The summed E-state index contributed by atoms with van der Waals surface area (Å²) in [5, 5.41) is 4.16. The SMILES string of the molecule is O=C1O[C@@H](CC(=O)N2CCC[C@@H]2c2ccsc2)c2ccccc21. The number of esters is 1. The second kappa shape index (κ2) is 5.81. The zero-order valence-corrected chi connectivity index (χ0v) is 13.4. The molecule has 2 aliphatic rings. The lowest BCUT2D eigenvalue weighted by Crippen LogP contribution is -2.31. The number of hydrogen-bond donors (Lipinski definition) is 0. The lowest BCUT2D eigenvalue weighted by atomic mass is 10.0. The van der Waals surface area contributed by atoms with E-state index < -0.39 is 6.10 Å². The van der Waals surface area contributed by atoms with Gasteiger partial charge in [0.05, 0.1) is 18.0 Å². The largest absolute Gasteiger partial charge is 0.453 e. The fourth-order valence-electron chi connectivity index (χ4n) is 3.52. The van der Waals surface area contributed by atoms with Gasteiger partial charge < -0.3 is 9.64 Å². The van der Waals surface area contributed by atoms with Gasteiger partial charge >= 0.3 is 5.97 Å². The van der Waals surface area contributed by atoms with Gasteiger partial charge in [-0.05, 0) is 41.3 Å². The highest BCUT2D eigenvalue weighted by molar-refractivity contribution is 7.08. The van der Waals surface area contributed by atoms with Crippen LogP contribution < -0.4 is 0 Å². The van der Waals surface area contributed by atoms with Crippen LogP contribution in [0.15, 0.2) is 41.1 Å². The number of rotatable bonds is 3. The van der Waals surface area contributed by atoms with Crippen molar-refractivity contribution >= 4 is 23.2 Å². The number of amides is 1. The van der Waals surface area contributed by atoms with Gasteiger partial charge in [-0.25, -0.2) is 4.79 Å². The Balaban J connectivity index is 1.51. The molecule has 5 heteroatoms. The van der Waals surface area contributed by atoms with Crippen LogP contribution in [0.1, 0.15) is 52.9 Å².